The van der Waals surface area contributed by atoms with E-state index >= 15 is 0 Å². The van der Waals surface area contributed by atoms with Gasteiger partial charge in [0.2, 0.25) is 0 Å². The van der Waals surface area contributed by atoms with Gasteiger partial charge in [0.25, 0.3) is 11.8 Å². The molecule has 1 saturated heterocycles. The molecule has 0 spiro atoms. The number of hydrogen-bond donors (Lipinski definition) is 2. The molecule has 39 heavy (non-hydrogen) atoms. The number of carboxylic acids is 1. The molecule has 0 aliphatic carbocycles. The van der Waals surface area contributed by atoms with Crippen LogP contribution in [0.2, 0.25) is 0 Å². The number of benzene rings is 3. The Morgan fingerprint density at radius 1 is 1.05 bits per heavy atom. The molecule has 1 aliphatic rings. The zero-order valence-electron chi connectivity index (χ0n) is 21.2. The topological polar surface area (TPSA) is 105 Å². The summed E-state index contributed by atoms with van der Waals surface area (Å²) in [5.41, 5.74) is 3.03. The van der Waals surface area contributed by atoms with Crippen molar-refractivity contribution in [1.82, 2.24) is 5.32 Å². The summed E-state index contributed by atoms with van der Waals surface area (Å²) in [5, 5.41) is 11.9. The third-order valence-electron chi connectivity index (χ3n) is 5.90. The predicted octanol–water partition coefficient (Wildman–Crippen LogP) is 5.36. The third-order valence-corrected chi connectivity index (χ3v) is 6.99. The lowest BCUT2D eigenvalue weighted by Gasteiger charge is -2.29. The predicted molar refractivity (Wildman–Crippen MR) is 160 cm³/mol. The lowest BCUT2D eigenvalue weighted by molar-refractivity contribution is -0.122. The fourth-order valence-corrected chi connectivity index (χ4v) is 5.03. The van der Waals surface area contributed by atoms with Crippen LogP contribution in [-0.4, -0.2) is 34.6 Å². The van der Waals surface area contributed by atoms with Crippen molar-refractivity contribution in [3.05, 3.63) is 92.1 Å². The summed E-state index contributed by atoms with van der Waals surface area (Å²) in [6.07, 6.45) is 2.35. The smallest absolute Gasteiger partial charge is 0.335 e. The number of carbonyl (C=O) groups excluding carboxylic acids is 2. The molecule has 1 fully saturated rings. The minimum atomic E-state index is -1.02. The highest BCUT2D eigenvalue weighted by Crippen LogP contribution is 2.36. The third kappa shape index (κ3) is 6.45. The summed E-state index contributed by atoms with van der Waals surface area (Å²) < 4.78 is 12.5. The van der Waals surface area contributed by atoms with Gasteiger partial charge in [0.15, 0.2) is 16.6 Å². The van der Waals surface area contributed by atoms with Crippen molar-refractivity contribution in [2.75, 3.05) is 11.5 Å². The average Bonchev–Trinajstić information content (AvgIpc) is 2.91. The summed E-state index contributed by atoms with van der Waals surface area (Å²) in [6, 6.07) is 17.4. The molecule has 4 rings (SSSR count). The molecule has 1 aliphatic heterocycles. The van der Waals surface area contributed by atoms with Gasteiger partial charge in [0, 0.05) is 0 Å². The molecule has 0 atom stereocenters. The number of hydrogen-bond acceptors (Lipinski definition) is 6. The summed E-state index contributed by atoms with van der Waals surface area (Å²) in [6.45, 7) is 4.36. The van der Waals surface area contributed by atoms with Crippen LogP contribution in [0.1, 0.15) is 40.9 Å². The van der Waals surface area contributed by atoms with Crippen LogP contribution in [0.25, 0.3) is 6.08 Å². The largest absolute Gasteiger partial charge is 0.490 e. The number of rotatable bonds is 9. The number of anilines is 1. The number of ether oxygens (including phenoxy) is 2. The Morgan fingerprint density at radius 2 is 1.79 bits per heavy atom. The SMILES string of the molecule is CCOc1cc(/C=C2\C(=O)NC(=S)N(c3ccc(CC)cc3)C2=O)cc(I)c1OCc1cccc(C(=O)O)c1. The normalized spacial score (nSPS) is 14.4. The van der Waals surface area contributed by atoms with Gasteiger partial charge in [-0.2, -0.15) is 0 Å². The fraction of sp³-hybridized carbons (Fsp3) is 0.172. The van der Waals surface area contributed by atoms with Gasteiger partial charge >= 0.3 is 5.97 Å². The second-order valence-electron chi connectivity index (χ2n) is 8.54. The molecule has 8 nitrogen and oxygen atoms in total. The number of aryl methyl sites for hydroxylation is 1. The van der Waals surface area contributed by atoms with E-state index in [9.17, 15) is 19.5 Å². The van der Waals surface area contributed by atoms with E-state index in [4.69, 9.17) is 21.7 Å². The summed E-state index contributed by atoms with van der Waals surface area (Å²) in [4.78, 5) is 38.8. The molecule has 10 heteroatoms. The second-order valence-corrected chi connectivity index (χ2v) is 10.1. The van der Waals surface area contributed by atoms with Gasteiger partial charge in [-0.1, -0.05) is 31.2 Å². The van der Waals surface area contributed by atoms with E-state index in [2.05, 4.69) is 27.9 Å². The van der Waals surface area contributed by atoms with Crippen LogP contribution in [-0.2, 0) is 22.6 Å². The first-order chi connectivity index (χ1) is 18.7. The second kappa shape index (κ2) is 12.4. The average molecular weight is 656 g/mol. The Labute approximate surface area is 244 Å². The molecule has 3 aromatic rings. The van der Waals surface area contributed by atoms with Crippen molar-refractivity contribution in [1.29, 1.82) is 0 Å². The van der Waals surface area contributed by atoms with E-state index in [1.54, 1.807) is 42.5 Å². The van der Waals surface area contributed by atoms with Gasteiger partial charge in [0.05, 0.1) is 21.4 Å². The standard InChI is InChI=1S/C29H25IN2O6S/c1-3-17-8-10-21(11-9-17)32-27(34)22(26(33)31-29(32)39)13-19-14-23(30)25(24(15-19)37-4-2)38-16-18-6-5-7-20(12-18)28(35)36/h5-15H,3-4,16H2,1-2H3,(H,35,36)(H,31,33,39)/b22-13+. The molecule has 2 amide bonds. The monoisotopic (exact) mass is 656 g/mol. The highest BCUT2D eigenvalue weighted by molar-refractivity contribution is 14.1. The molecule has 2 N–H and O–H groups in total. The molecule has 200 valence electrons. The van der Waals surface area contributed by atoms with Gasteiger partial charge in [-0.3, -0.25) is 19.8 Å². The van der Waals surface area contributed by atoms with Gasteiger partial charge in [-0.05, 0) is 107 Å². The molecule has 3 aromatic carbocycles. The van der Waals surface area contributed by atoms with Gasteiger partial charge in [0.1, 0.15) is 12.2 Å². The van der Waals surface area contributed by atoms with Gasteiger partial charge in [-0.25, -0.2) is 4.79 Å². The molecule has 0 saturated carbocycles. The fourth-order valence-electron chi connectivity index (χ4n) is 3.96. The maximum atomic E-state index is 13.4. The van der Waals surface area contributed by atoms with Gasteiger partial charge < -0.3 is 14.6 Å². The van der Waals surface area contributed by atoms with Crippen LogP contribution < -0.4 is 19.7 Å². The van der Waals surface area contributed by atoms with Crippen LogP contribution in [0.15, 0.2) is 66.2 Å². The van der Waals surface area contributed by atoms with E-state index in [0.29, 0.717) is 38.5 Å². The first-order valence-corrected chi connectivity index (χ1v) is 13.6. The van der Waals surface area contributed by atoms with Crippen molar-refractivity contribution in [3.8, 4) is 11.5 Å². The Hall–Kier alpha value is -3.77. The van der Waals surface area contributed by atoms with E-state index in [-0.39, 0.29) is 22.9 Å². The lowest BCUT2D eigenvalue weighted by atomic mass is 10.1. The van der Waals surface area contributed by atoms with E-state index in [0.717, 1.165) is 12.0 Å². The number of amides is 2. The number of nitrogens with one attached hydrogen (secondary N) is 1. The maximum Gasteiger partial charge on any atom is 0.335 e. The lowest BCUT2D eigenvalue weighted by Crippen LogP contribution is -2.54. The molecule has 0 radical (unpaired) electrons. The number of halogens is 1. The molecule has 1 heterocycles. The summed E-state index contributed by atoms with van der Waals surface area (Å²) in [7, 11) is 0. The first-order valence-electron chi connectivity index (χ1n) is 12.1. The summed E-state index contributed by atoms with van der Waals surface area (Å²) >= 11 is 7.40. The van der Waals surface area contributed by atoms with Crippen LogP contribution in [0.5, 0.6) is 11.5 Å². The van der Waals surface area contributed by atoms with Crippen LogP contribution in [0.4, 0.5) is 5.69 Å². The van der Waals surface area contributed by atoms with Crippen molar-refractivity contribution >= 4 is 69.5 Å². The van der Waals surface area contributed by atoms with E-state index in [1.807, 2.05) is 26.0 Å². The quantitative estimate of drug-likeness (QED) is 0.138. The first kappa shape index (κ1) is 28.2. The summed E-state index contributed by atoms with van der Waals surface area (Å²) in [5.74, 6) is -1.23. The van der Waals surface area contributed by atoms with E-state index in [1.165, 1.54) is 17.0 Å². The molecular weight excluding hydrogens is 631 g/mol. The maximum absolute atomic E-state index is 13.4. The minimum Gasteiger partial charge on any atom is -0.490 e. The molecular formula is C29H25IN2O6S. The Balaban J connectivity index is 1.64. The Bertz CT molecular complexity index is 1490. The number of nitrogens with zero attached hydrogens (tertiary/aromatic N) is 1. The van der Waals surface area contributed by atoms with Crippen molar-refractivity contribution in [3.63, 3.8) is 0 Å². The van der Waals surface area contributed by atoms with Crippen LogP contribution in [0.3, 0.4) is 0 Å². The van der Waals surface area contributed by atoms with Gasteiger partial charge in [-0.15, -0.1) is 0 Å². The number of carbonyl (C=O) groups is 3. The van der Waals surface area contributed by atoms with Crippen LogP contribution >= 0.6 is 34.8 Å². The zero-order valence-corrected chi connectivity index (χ0v) is 24.2. The highest BCUT2D eigenvalue weighted by Gasteiger charge is 2.34. The molecule has 0 unspecified atom stereocenters. The van der Waals surface area contributed by atoms with Crippen molar-refractivity contribution < 1.29 is 29.0 Å². The molecule has 0 aromatic heterocycles. The van der Waals surface area contributed by atoms with Crippen LogP contribution in [0, 0.1) is 3.57 Å². The van der Waals surface area contributed by atoms with Crippen molar-refractivity contribution in [2.45, 2.75) is 26.9 Å². The number of thiocarbonyl (C=S) groups is 1. The molecule has 0 bridgehead atoms. The Morgan fingerprint density at radius 3 is 2.46 bits per heavy atom. The van der Waals surface area contributed by atoms with Crippen molar-refractivity contribution in [2.24, 2.45) is 0 Å². The highest BCUT2D eigenvalue weighted by atomic mass is 127. The Kier molecular flexibility index (Phi) is 8.97. The minimum absolute atomic E-state index is 0.0201. The number of aromatic carboxylic acids is 1. The zero-order chi connectivity index (χ0) is 28.1. The number of carboxylic acid groups (broad SMARTS) is 1. The van der Waals surface area contributed by atoms with E-state index < -0.39 is 17.8 Å².